The SMILES string of the molecule is O=C(O)CCNC(=O)c1ccc(CN(c2ccc(Br)cc2)c2nc(-c3ccc(O)cc3)cs2)cc1. The summed E-state index contributed by atoms with van der Waals surface area (Å²) in [4.78, 5) is 29.8. The number of aromatic hydroxyl groups is 1. The van der Waals surface area contributed by atoms with Crippen LogP contribution in [0.15, 0.2) is 82.6 Å². The fourth-order valence-corrected chi connectivity index (χ4v) is 4.49. The van der Waals surface area contributed by atoms with E-state index in [0.717, 1.165) is 32.1 Å². The van der Waals surface area contributed by atoms with E-state index in [-0.39, 0.29) is 24.6 Å². The summed E-state index contributed by atoms with van der Waals surface area (Å²) in [6, 6.07) is 22.1. The van der Waals surface area contributed by atoms with Gasteiger partial charge in [-0.2, -0.15) is 0 Å². The molecule has 0 saturated carbocycles. The van der Waals surface area contributed by atoms with Crippen LogP contribution < -0.4 is 10.2 Å². The van der Waals surface area contributed by atoms with Crippen LogP contribution in [0.2, 0.25) is 0 Å². The van der Waals surface area contributed by atoms with Crippen LogP contribution in [0.1, 0.15) is 22.3 Å². The first-order chi connectivity index (χ1) is 16.9. The zero-order valence-corrected chi connectivity index (χ0v) is 20.9. The second-order valence-corrected chi connectivity index (χ2v) is 9.47. The largest absolute Gasteiger partial charge is 0.508 e. The van der Waals surface area contributed by atoms with E-state index in [1.807, 2.05) is 53.9 Å². The van der Waals surface area contributed by atoms with Crippen molar-refractivity contribution in [2.24, 2.45) is 0 Å². The summed E-state index contributed by atoms with van der Waals surface area (Å²) in [5, 5.41) is 23.7. The van der Waals surface area contributed by atoms with Gasteiger partial charge in [0, 0.05) is 33.2 Å². The monoisotopic (exact) mass is 551 g/mol. The third-order valence-electron chi connectivity index (χ3n) is 5.21. The number of benzene rings is 3. The molecule has 4 rings (SSSR count). The maximum absolute atomic E-state index is 12.3. The van der Waals surface area contributed by atoms with Crippen molar-refractivity contribution in [3.63, 3.8) is 0 Å². The number of aromatic nitrogens is 1. The fraction of sp³-hybridized carbons (Fsp3) is 0.115. The molecule has 9 heteroatoms. The first kappa shape index (κ1) is 24.4. The number of aliphatic carboxylic acids is 1. The summed E-state index contributed by atoms with van der Waals surface area (Å²) in [6.07, 6.45) is -0.119. The van der Waals surface area contributed by atoms with Gasteiger partial charge in [0.2, 0.25) is 0 Å². The lowest BCUT2D eigenvalue weighted by Crippen LogP contribution is -2.26. The minimum absolute atomic E-state index is 0.0840. The van der Waals surface area contributed by atoms with Crippen molar-refractivity contribution in [1.82, 2.24) is 10.3 Å². The first-order valence-corrected chi connectivity index (χ1v) is 12.4. The average molecular weight is 552 g/mol. The number of phenols is 1. The number of phenolic OH excluding ortho intramolecular Hbond substituents is 1. The number of carboxylic acid groups (broad SMARTS) is 1. The molecule has 35 heavy (non-hydrogen) atoms. The molecule has 0 aliphatic rings. The predicted molar refractivity (Wildman–Crippen MR) is 140 cm³/mol. The number of amides is 1. The number of nitrogens with zero attached hydrogens (tertiary/aromatic N) is 2. The van der Waals surface area contributed by atoms with Gasteiger partial charge in [0.25, 0.3) is 5.91 Å². The highest BCUT2D eigenvalue weighted by atomic mass is 79.9. The maximum atomic E-state index is 12.3. The van der Waals surface area contributed by atoms with Gasteiger partial charge < -0.3 is 20.4 Å². The Morgan fingerprint density at radius 2 is 1.66 bits per heavy atom. The van der Waals surface area contributed by atoms with Crippen LogP contribution in [0.25, 0.3) is 11.3 Å². The third kappa shape index (κ3) is 6.46. The Kier molecular flexibility index (Phi) is 7.79. The van der Waals surface area contributed by atoms with Gasteiger partial charge in [-0.15, -0.1) is 11.3 Å². The topological polar surface area (TPSA) is 103 Å². The van der Waals surface area contributed by atoms with Crippen LogP contribution in [-0.2, 0) is 11.3 Å². The molecule has 0 unspecified atom stereocenters. The predicted octanol–water partition coefficient (Wildman–Crippen LogP) is 5.82. The first-order valence-electron chi connectivity index (χ1n) is 10.8. The second-order valence-electron chi connectivity index (χ2n) is 7.72. The van der Waals surface area contributed by atoms with Crippen LogP contribution in [0, 0.1) is 0 Å². The Hall–Kier alpha value is -3.69. The Bertz CT molecular complexity index is 1310. The molecule has 0 aliphatic carbocycles. The van der Waals surface area contributed by atoms with Crippen LogP contribution in [-0.4, -0.2) is 33.6 Å². The molecule has 1 heterocycles. The summed E-state index contributed by atoms with van der Waals surface area (Å²) in [7, 11) is 0. The van der Waals surface area contributed by atoms with E-state index < -0.39 is 5.97 Å². The van der Waals surface area contributed by atoms with Gasteiger partial charge in [-0.25, -0.2) is 4.98 Å². The molecule has 1 aromatic heterocycles. The minimum atomic E-state index is -0.954. The molecule has 0 fully saturated rings. The molecule has 0 radical (unpaired) electrons. The number of thiazole rings is 1. The standard InChI is InChI=1S/C26H22BrN3O4S/c27-20-7-9-21(10-8-20)30(26-29-23(16-35-26)18-5-11-22(31)12-6-18)15-17-1-3-19(4-2-17)25(34)28-14-13-24(32)33/h1-12,16,31H,13-15H2,(H,28,34)(H,32,33). The zero-order valence-electron chi connectivity index (χ0n) is 18.5. The number of nitrogens with one attached hydrogen (secondary N) is 1. The summed E-state index contributed by atoms with van der Waals surface area (Å²) in [5.41, 5.74) is 4.16. The molecule has 0 bridgehead atoms. The Morgan fingerprint density at radius 1 is 0.971 bits per heavy atom. The average Bonchev–Trinajstić information content (AvgIpc) is 3.34. The minimum Gasteiger partial charge on any atom is -0.508 e. The van der Waals surface area contributed by atoms with E-state index in [0.29, 0.717) is 12.1 Å². The van der Waals surface area contributed by atoms with Crippen molar-refractivity contribution < 1.29 is 19.8 Å². The van der Waals surface area contributed by atoms with Gasteiger partial charge >= 0.3 is 5.97 Å². The number of hydrogen-bond acceptors (Lipinski definition) is 6. The summed E-state index contributed by atoms with van der Waals surface area (Å²) in [6.45, 7) is 0.617. The molecule has 178 valence electrons. The van der Waals surface area contributed by atoms with Crippen molar-refractivity contribution >= 4 is 50.0 Å². The van der Waals surface area contributed by atoms with Crippen LogP contribution in [0.3, 0.4) is 0 Å². The van der Waals surface area contributed by atoms with Crippen molar-refractivity contribution in [1.29, 1.82) is 0 Å². The summed E-state index contributed by atoms with van der Waals surface area (Å²) >= 11 is 5.01. The Balaban J connectivity index is 1.55. The molecule has 1 amide bonds. The van der Waals surface area contributed by atoms with Gasteiger partial charge in [0.05, 0.1) is 18.7 Å². The number of carboxylic acids is 1. The number of carbonyl (C=O) groups excluding carboxylic acids is 1. The summed E-state index contributed by atoms with van der Waals surface area (Å²) < 4.78 is 0.975. The van der Waals surface area contributed by atoms with E-state index in [4.69, 9.17) is 10.1 Å². The number of halogens is 1. The van der Waals surface area contributed by atoms with Gasteiger partial charge in [-0.3, -0.25) is 9.59 Å². The molecule has 4 aromatic rings. The van der Waals surface area contributed by atoms with E-state index in [9.17, 15) is 14.7 Å². The highest BCUT2D eigenvalue weighted by Gasteiger charge is 2.16. The van der Waals surface area contributed by atoms with Crippen molar-refractivity contribution in [3.8, 4) is 17.0 Å². The zero-order chi connectivity index (χ0) is 24.8. The molecule has 0 aliphatic heterocycles. The molecular formula is C26H22BrN3O4S. The second kappa shape index (κ2) is 11.2. The summed E-state index contributed by atoms with van der Waals surface area (Å²) in [5.74, 6) is -1.05. The molecule has 3 aromatic carbocycles. The van der Waals surface area contributed by atoms with Gasteiger partial charge in [-0.05, 0) is 66.2 Å². The normalized spacial score (nSPS) is 10.7. The lowest BCUT2D eigenvalue weighted by Gasteiger charge is -2.22. The fourth-order valence-electron chi connectivity index (χ4n) is 3.37. The van der Waals surface area contributed by atoms with Gasteiger partial charge in [0.1, 0.15) is 5.75 Å². The highest BCUT2D eigenvalue weighted by Crippen LogP contribution is 2.34. The van der Waals surface area contributed by atoms with E-state index in [1.54, 1.807) is 24.3 Å². The van der Waals surface area contributed by atoms with Crippen LogP contribution in [0.5, 0.6) is 5.75 Å². The van der Waals surface area contributed by atoms with Crippen LogP contribution >= 0.6 is 27.3 Å². The Labute approximate surface area is 214 Å². The Morgan fingerprint density at radius 3 is 2.31 bits per heavy atom. The molecule has 3 N–H and O–H groups in total. The van der Waals surface area contributed by atoms with Crippen LogP contribution in [0.4, 0.5) is 10.8 Å². The number of hydrogen-bond donors (Lipinski definition) is 3. The van der Waals surface area contributed by atoms with Crippen molar-refractivity contribution in [2.75, 3.05) is 11.4 Å². The highest BCUT2D eigenvalue weighted by molar-refractivity contribution is 9.10. The smallest absolute Gasteiger partial charge is 0.305 e. The quantitative estimate of drug-likeness (QED) is 0.242. The van der Waals surface area contributed by atoms with Gasteiger partial charge in [0.15, 0.2) is 5.13 Å². The molecule has 0 spiro atoms. The third-order valence-corrected chi connectivity index (χ3v) is 6.60. The number of carbonyl (C=O) groups is 2. The molecule has 7 nitrogen and oxygen atoms in total. The van der Waals surface area contributed by atoms with E-state index in [1.165, 1.54) is 11.3 Å². The number of rotatable bonds is 9. The van der Waals surface area contributed by atoms with Crippen molar-refractivity contribution in [3.05, 3.63) is 93.8 Å². The molecule has 0 saturated heterocycles. The van der Waals surface area contributed by atoms with Crippen molar-refractivity contribution in [2.45, 2.75) is 13.0 Å². The lowest BCUT2D eigenvalue weighted by atomic mass is 10.1. The van der Waals surface area contributed by atoms with E-state index in [2.05, 4.69) is 26.1 Å². The van der Waals surface area contributed by atoms with Gasteiger partial charge in [-0.1, -0.05) is 28.1 Å². The lowest BCUT2D eigenvalue weighted by molar-refractivity contribution is -0.136. The molecular weight excluding hydrogens is 530 g/mol. The van der Waals surface area contributed by atoms with E-state index >= 15 is 0 Å². The maximum Gasteiger partial charge on any atom is 0.305 e. The molecule has 0 atom stereocenters. The number of anilines is 2.